The summed E-state index contributed by atoms with van der Waals surface area (Å²) >= 11 is 0. The molecule has 0 aliphatic heterocycles. The van der Waals surface area contributed by atoms with Gasteiger partial charge in [0.05, 0.1) is 0 Å². The first-order valence-corrected chi connectivity index (χ1v) is 6.20. The molecule has 0 aliphatic rings. The van der Waals surface area contributed by atoms with Crippen LogP contribution in [0.1, 0.15) is 47.4 Å². The van der Waals surface area contributed by atoms with Crippen molar-refractivity contribution in [3.8, 4) is 0 Å². The van der Waals surface area contributed by atoms with Gasteiger partial charge in [-0.25, -0.2) is 0 Å². The Morgan fingerprint density at radius 2 is 1.82 bits per heavy atom. The van der Waals surface area contributed by atoms with E-state index in [0.29, 0.717) is 6.04 Å². The van der Waals surface area contributed by atoms with E-state index in [2.05, 4.69) is 57.1 Å². The standard InChI is InChI=1S/C13H26N4/c1-12(2,3)10(15-13(4,5)6)8-11-16-14-9-17(11)7/h9-10,15H,8H2,1-7H3. The number of aryl methyl sites for hydroxylation is 1. The van der Waals surface area contributed by atoms with Crippen molar-refractivity contribution >= 4 is 0 Å². The number of nitrogens with one attached hydrogen (secondary N) is 1. The van der Waals surface area contributed by atoms with Gasteiger partial charge < -0.3 is 9.88 Å². The SMILES string of the molecule is Cn1cnnc1CC(NC(C)(C)C)C(C)(C)C. The third kappa shape index (κ3) is 4.46. The van der Waals surface area contributed by atoms with Crippen molar-refractivity contribution in [1.82, 2.24) is 20.1 Å². The highest BCUT2D eigenvalue weighted by atomic mass is 15.2. The Kier molecular flexibility index (Phi) is 3.97. The zero-order valence-corrected chi connectivity index (χ0v) is 12.2. The number of hydrogen-bond donors (Lipinski definition) is 1. The summed E-state index contributed by atoms with van der Waals surface area (Å²) in [5.74, 6) is 1.03. The van der Waals surface area contributed by atoms with Crippen molar-refractivity contribution in [2.75, 3.05) is 0 Å². The van der Waals surface area contributed by atoms with Gasteiger partial charge in [0.1, 0.15) is 12.2 Å². The fourth-order valence-corrected chi connectivity index (χ4v) is 1.77. The first-order valence-electron chi connectivity index (χ1n) is 6.20. The second kappa shape index (κ2) is 4.77. The van der Waals surface area contributed by atoms with Gasteiger partial charge in [-0.05, 0) is 26.2 Å². The summed E-state index contributed by atoms with van der Waals surface area (Å²) in [4.78, 5) is 0. The molecule has 0 amide bonds. The molecule has 0 bridgehead atoms. The van der Waals surface area contributed by atoms with E-state index in [1.54, 1.807) is 6.33 Å². The van der Waals surface area contributed by atoms with Gasteiger partial charge in [-0.3, -0.25) is 0 Å². The lowest BCUT2D eigenvalue weighted by Crippen LogP contribution is -2.51. The fourth-order valence-electron chi connectivity index (χ4n) is 1.77. The smallest absolute Gasteiger partial charge is 0.134 e. The van der Waals surface area contributed by atoms with Crippen LogP contribution in [0.25, 0.3) is 0 Å². The van der Waals surface area contributed by atoms with Crippen LogP contribution in [0.4, 0.5) is 0 Å². The molecule has 0 saturated carbocycles. The van der Waals surface area contributed by atoms with Crippen LogP contribution < -0.4 is 5.32 Å². The highest BCUT2D eigenvalue weighted by molar-refractivity contribution is 4.96. The molecule has 1 rings (SSSR count). The second-order valence-electron chi connectivity index (χ2n) is 6.88. The van der Waals surface area contributed by atoms with Crippen LogP contribution in [0.3, 0.4) is 0 Å². The molecule has 17 heavy (non-hydrogen) atoms. The Morgan fingerprint density at radius 1 is 1.24 bits per heavy atom. The monoisotopic (exact) mass is 238 g/mol. The van der Waals surface area contributed by atoms with E-state index in [1.165, 1.54) is 0 Å². The molecule has 1 atom stereocenters. The second-order valence-corrected chi connectivity index (χ2v) is 6.88. The Bertz CT molecular complexity index is 354. The maximum absolute atomic E-state index is 4.17. The number of hydrogen-bond acceptors (Lipinski definition) is 3. The highest BCUT2D eigenvalue weighted by Gasteiger charge is 2.29. The van der Waals surface area contributed by atoms with E-state index in [1.807, 2.05) is 11.6 Å². The third-order valence-electron chi connectivity index (χ3n) is 2.84. The van der Waals surface area contributed by atoms with E-state index in [9.17, 15) is 0 Å². The number of nitrogens with zero attached hydrogens (tertiary/aromatic N) is 3. The molecule has 0 aromatic carbocycles. The number of rotatable bonds is 3. The van der Waals surface area contributed by atoms with Crippen LogP contribution in [0, 0.1) is 5.41 Å². The summed E-state index contributed by atoms with van der Waals surface area (Å²) in [5.41, 5.74) is 0.301. The predicted molar refractivity (Wildman–Crippen MR) is 70.8 cm³/mol. The van der Waals surface area contributed by atoms with E-state index in [4.69, 9.17) is 0 Å². The molecule has 1 aromatic heterocycles. The molecule has 1 aromatic rings. The van der Waals surface area contributed by atoms with Gasteiger partial charge in [0.2, 0.25) is 0 Å². The molecule has 0 aliphatic carbocycles. The maximum Gasteiger partial charge on any atom is 0.134 e. The Balaban J connectivity index is 2.82. The molecular weight excluding hydrogens is 212 g/mol. The largest absolute Gasteiger partial charge is 0.321 e. The normalized spacial score (nSPS) is 15.0. The summed E-state index contributed by atoms with van der Waals surface area (Å²) in [6.45, 7) is 13.4. The van der Waals surface area contributed by atoms with Gasteiger partial charge in [-0.15, -0.1) is 10.2 Å². The highest BCUT2D eigenvalue weighted by Crippen LogP contribution is 2.24. The molecule has 1 N–H and O–H groups in total. The minimum Gasteiger partial charge on any atom is -0.321 e. The Morgan fingerprint density at radius 3 is 2.18 bits per heavy atom. The average molecular weight is 238 g/mol. The summed E-state index contributed by atoms with van der Waals surface area (Å²) in [5, 5.41) is 11.8. The van der Waals surface area contributed by atoms with Gasteiger partial charge in [0.15, 0.2) is 0 Å². The minimum absolute atomic E-state index is 0.108. The van der Waals surface area contributed by atoms with Crippen molar-refractivity contribution in [2.24, 2.45) is 12.5 Å². The van der Waals surface area contributed by atoms with E-state index in [-0.39, 0.29) is 11.0 Å². The minimum atomic E-state index is 0.108. The lowest BCUT2D eigenvalue weighted by Gasteiger charge is -2.37. The molecule has 0 saturated heterocycles. The van der Waals surface area contributed by atoms with Crippen molar-refractivity contribution in [1.29, 1.82) is 0 Å². The summed E-state index contributed by atoms with van der Waals surface area (Å²) in [6.07, 6.45) is 2.66. The van der Waals surface area contributed by atoms with Gasteiger partial charge in [-0.1, -0.05) is 20.8 Å². The Labute approximate surface area is 105 Å². The van der Waals surface area contributed by atoms with Gasteiger partial charge in [-0.2, -0.15) is 0 Å². The van der Waals surface area contributed by atoms with Gasteiger partial charge in [0.25, 0.3) is 0 Å². The zero-order valence-electron chi connectivity index (χ0n) is 12.2. The topological polar surface area (TPSA) is 42.7 Å². The zero-order chi connectivity index (χ0) is 13.3. The van der Waals surface area contributed by atoms with E-state index in [0.717, 1.165) is 12.2 Å². The van der Waals surface area contributed by atoms with Crippen LogP contribution >= 0.6 is 0 Å². The number of aromatic nitrogens is 3. The first kappa shape index (κ1) is 14.2. The van der Waals surface area contributed by atoms with Crippen molar-refractivity contribution in [3.63, 3.8) is 0 Å². The van der Waals surface area contributed by atoms with Crippen LogP contribution in [0.2, 0.25) is 0 Å². The molecule has 1 heterocycles. The lowest BCUT2D eigenvalue weighted by atomic mass is 9.83. The average Bonchev–Trinajstić information content (AvgIpc) is 2.46. The predicted octanol–water partition coefficient (Wildman–Crippen LogP) is 2.16. The summed E-state index contributed by atoms with van der Waals surface area (Å²) < 4.78 is 1.99. The third-order valence-corrected chi connectivity index (χ3v) is 2.84. The molecule has 0 fully saturated rings. The van der Waals surface area contributed by atoms with Crippen LogP contribution in [0.5, 0.6) is 0 Å². The van der Waals surface area contributed by atoms with Crippen LogP contribution in [0.15, 0.2) is 6.33 Å². The quantitative estimate of drug-likeness (QED) is 0.877. The van der Waals surface area contributed by atoms with Crippen molar-refractivity contribution in [2.45, 2.75) is 59.5 Å². The summed E-state index contributed by atoms with van der Waals surface area (Å²) in [7, 11) is 1.99. The van der Waals surface area contributed by atoms with Crippen molar-refractivity contribution < 1.29 is 0 Å². The first-order chi connectivity index (χ1) is 7.59. The van der Waals surface area contributed by atoms with Crippen LogP contribution in [-0.4, -0.2) is 26.3 Å². The molecule has 0 radical (unpaired) electrons. The molecule has 98 valence electrons. The van der Waals surface area contributed by atoms with Crippen LogP contribution in [-0.2, 0) is 13.5 Å². The molecular formula is C13H26N4. The lowest BCUT2D eigenvalue weighted by molar-refractivity contribution is 0.214. The molecule has 4 nitrogen and oxygen atoms in total. The van der Waals surface area contributed by atoms with Gasteiger partial charge >= 0.3 is 0 Å². The molecule has 4 heteroatoms. The van der Waals surface area contributed by atoms with Crippen molar-refractivity contribution in [3.05, 3.63) is 12.2 Å². The molecule has 0 spiro atoms. The molecule has 1 unspecified atom stereocenters. The van der Waals surface area contributed by atoms with E-state index >= 15 is 0 Å². The summed E-state index contributed by atoms with van der Waals surface area (Å²) in [6, 6.07) is 0.380. The van der Waals surface area contributed by atoms with E-state index < -0.39 is 0 Å². The fraction of sp³-hybridized carbons (Fsp3) is 0.846. The van der Waals surface area contributed by atoms with Gasteiger partial charge in [0, 0.05) is 25.0 Å². The maximum atomic E-state index is 4.17. The Hall–Kier alpha value is -0.900.